The third-order valence-electron chi connectivity index (χ3n) is 3.17. The van der Waals surface area contributed by atoms with Crippen LogP contribution < -0.4 is 10.5 Å². The van der Waals surface area contributed by atoms with Crippen LogP contribution in [0.15, 0.2) is 24.3 Å². The number of ether oxygens (including phenoxy) is 1. The lowest BCUT2D eigenvalue weighted by atomic mass is 10.1. The number of thiocarbonyl (C=S) groups is 1. The lowest BCUT2D eigenvalue weighted by Gasteiger charge is -2.23. The quantitative estimate of drug-likeness (QED) is 0.866. The van der Waals surface area contributed by atoms with Crippen LogP contribution in [0, 0.1) is 0 Å². The molecule has 1 amide bonds. The Balaban J connectivity index is 2.11. The Morgan fingerprint density at radius 2 is 2.05 bits per heavy atom. The summed E-state index contributed by atoms with van der Waals surface area (Å²) in [7, 11) is 0. The SMILES string of the molecule is NC(=S)C1CCCN1C(=O)c1ccc(OC(F)F)cc1. The maximum Gasteiger partial charge on any atom is 0.387 e. The number of halogens is 2. The van der Waals surface area contributed by atoms with E-state index in [9.17, 15) is 13.6 Å². The van der Waals surface area contributed by atoms with Crippen LogP contribution in [0.3, 0.4) is 0 Å². The first kappa shape index (κ1) is 14.6. The van der Waals surface area contributed by atoms with Gasteiger partial charge >= 0.3 is 6.61 Å². The fraction of sp³-hybridized carbons (Fsp3) is 0.385. The number of benzene rings is 1. The zero-order valence-electron chi connectivity index (χ0n) is 10.6. The van der Waals surface area contributed by atoms with Gasteiger partial charge in [-0.15, -0.1) is 0 Å². The second kappa shape index (κ2) is 6.13. The molecule has 1 aromatic rings. The molecule has 1 fully saturated rings. The standard InChI is InChI=1S/C13H14F2N2O2S/c14-13(15)19-9-5-3-8(4-6-9)12(18)17-7-1-2-10(17)11(16)20/h3-6,10,13H,1-2,7H2,(H2,16,20). The molecule has 20 heavy (non-hydrogen) atoms. The van der Waals surface area contributed by atoms with Gasteiger partial charge in [-0.05, 0) is 37.1 Å². The Kier molecular flexibility index (Phi) is 4.49. The molecule has 0 bridgehead atoms. The van der Waals surface area contributed by atoms with E-state index in [2.05, 4.69) is 4.74 Å². The lowest BCUT2D eigenvalue weighted by molar-refractivity contribution is -0.0498. The fourth-order valence-corrected chi connectivity index (χ4v) is 2.50. The monoisotopic (exact) mass is 300 g/mol. The molecule has 1 aliphatic heterocycles. The molecule has 2 N–H and O–H groups in total. The molecule has 0 saturated carbocycles. The summed E-state index contributed by atoms with van der Waals surface area (Å²) in [6.07, 6.45) is 1.61. The second-order valence-electron chi connectivity index (χ2n) is 4.46. The van der Waals surface area contributed by atoms with Crippen LogP contribution in [-0.4, -0.2) is 35.0 Å². The lowest BCUT2D eigenvalue weighted by Crippen LogP contribution is -2.42. The molecule has 1 aromatic carbocycles. The molecule has 0 radical (unpaired) electrons. The van der Waals surface area contributed by atoms with Crippen molar-refractivity contribution in [3.63, 3.8) is 0 Å². The highest BCUT2D eigenvalue weighted by atomic mass is 32.1. The van der Waals surface area contributed by atoms with Crippen LogP contribution in [-0.2, 0) is 0 Å². The Morgan fingerprint density at radius 1 is 1.40 bits per heavy atom. The van der Waals surface area contributed by atoms with Gasteiger partial charge in [0.15, 0.2) is 0 Å². The van der Waals surface area contributed by atoms with Gasteiger partial charge in [-0.3, -0.25) is 4.79 Å². The number of rotatable bonds is 4. The second-order valence-corrected chi connectivity index (χ2v) is 4.93. The van der Waals surface area contributed by atoms with E-state index in [1.807, 2.05) is 0 Å². The smallest absolute Gasteiger partial charge is 0.387 e. The highest BCUT2D eigenvalue weighted by Gasteiger charge is 2.31. The largest absolute Gasteiger partial charge is 0.435 e. The first-order valence-electron chi connectivity index (χ1n) is 6.14. The average molecular weight is 300 g/mol. The highest BCUT2D eigenvalue weighted by Crippen LogP contribution is 2.22. The summed E-state index contributed by atoms with van der Waals surface area (Å²) in [5, 5.41) is 0. The molecule has 4 nitrogen and oxygen atoms in total. The Labute approximate surface area is 120 Å². The van der Waals surface area contributed by atoms with Crippen LogP contribution >= 0.6 is 12.2 Å². The van der Waals surface area contributed by atoms with Crippen LogP contribution in [0.5, 0.6) is 5.75 Å². The zero-order chi connectivity index (χ0) is 14.7. The van der Waals surface area contributed by atoms with E-state index in [1.54, 1.807) is 4.90 Å². The summed E-state index contributed by atoms with van der Waals surface area (Å²) in [5.74, 6) is -0.187. The van der Waals surface area contributed by atoms with E-state index in [0.29, 0.717) is 17.1 Å². The number of nitrogens with two attached hydrogens (primary N) is 1. The third kappa shape index (κ3) is 3.22. The van der Waals surface area contributed by atoms with Gasteiger partial charge in [0.05, 0.1) is 11.0 Å². The molecule has 108 valence electrons. The van der Waals surface area contributed by atoms with Crippen molar-refractivity contribution in [2.45, 2.75) is 25.5 Å². The number of likely N-dealkylation sites (tertiary alicyclic amines) is 1. The van der Waals surface area contributed by atoms with Gasteiger partial charge < -0.3 is 15.4 Å². The fourth-order valence-electron chi connectivity index (χ4n) is 2.25. The molecule has 1 atom stereocenters. The van der Waals surface area contributed by atoms with Gasteiger partial charge in [0.25, 0.3) is 5.91 Å². The molecular formula is C13H14F2N2O2S. The number of amides is 1. The molecule has 7 heteroatoms. The maximum atomic E-state index is 12.3. The number of carbonyl (C=O) groups is 1. The highest BCUT2D eigenvalue weighted by molar-refractivity contribution is 7.80. The Bertz CT molecular complexity index is 508. The predicted octanol–water partition coefficient (Wildman–Crippen LogP) is 2.18. The van der Waals surface area contributed by atoms with Crippen LogP contribution in [0.4, 0.5) is 8.78 Å². The minimum Gasteiger partial charge on any atom is -0.435 e. The van der Waals surface area contributed by atoms with E-state index in [-0.39, 0.29) is 17.7 Å². The third-order valence-corrected chi connectivity index (χ3v) is 3.44. The molecule has 0 aliphatic carbocycles. The van der Waals surface area contributed by atoms with Crippen molar-refractivity contribution >= 4 is 23.1 Å². The van der Waals surface area contributed by atoms with E-state index in [1.165, 1.54) is 24.3 Å². The van der Waals surface area contributed by atoms with Crippen molar-refractivity contribution in [2.24, 2.45) is 5.73 Å². The summed E-state index contributed by atoms with van der Waals surface area (Å²) in [6.45, 7) is -2.29. The summed E-state index contributed by atoms with van der Waals surface area (Å²) in [5.41, 5.74) is 6.02. The molecule has 1 unspecified atom stereocenters. The van der Waals surface area contributed by atoms with Gasteiger partial charge in [0.1, 0.15) is 5.75 Å². The van der Waals surface area contributed by atoms with Crippen molar-refractivity contribution in [1.29, 1.82) is 0 Å². The number of nitrogens with zero attached hydrogens (tertiary/aromatic N) is 1. The molecule has 2 rings (SSSR count). The summed E-state index contributed by atoms with van der Waals surface area (Å²) >= 11 is 4.95. The van der Waals surface area contributed by atoms with Gasteiger partial charge in [-0.1, -0.05) is 12.2 Å². The minimum absolute atomic E-state index is 0.0175. The van der Waals surface area contributed by atoms with Crippen molar-refractivity contribution in [1.82, 2.24) is 4.90 Å². The van der Waals surface area contributed by atoms with Gasteiger partial charge in [0.2, 0.25) is 0 Å². The van der Waals surface area contributed by atoms with Gasteiger partial charge in [-0.25, -0.2) is 0 Å². The maximum absolute atomic E-state index is 12.3. The first-order valence-corrected chi connectivity index (χ1v) is 6.55. The number of alkyl halides is 2. The van der Waals surface area contributed by atoms with E-state index < -0.39 is 6.61 Å². The number of hydrogen-bond donors (Lipinski definition) is 1. The molecule has 1 aliphatic rings. The summed E-state index contributed by atoms with van der Waals surface area (Å²) < 4.78 is 28.3. The van der Waals surface area contributed by atoms with Crippen molar-refractivity contribution in [2.75, 3.05) is 6.54 Å². The molecular weight excluding hydrogens is 286 g/mol. The van der Waals surface area contributed by atoms with Crippen molar-refractivity contribution in [3.05, 3.63) is 29.8 Å². The molecule has 1 saturated heterocycles. The van der Waals surface area contributed by atoms with Gasteiger partial charge in [-0.2, -0.15) is 8.78 Å². The minimum atomic E-state index is -2.88. The van der Waals surface area contributed by atoms with E-state index in [0.717, 1.165) is 12.8 Å². The first-order chi connectivity index (χ1) is 9.49. The average Bonchev–Trinajstić information content (AvgIpc) is 2.87. The van der Waals surface area contributed by atoms with Crippen molar-refractivity contribution in [3.8, 4) is 5.75 Å². The van der Waals surface area contributed by atoms with Gasteiger partial charge in [0, 0.05) is 12.1 Å². The van der Waals surface area contributed by atoms with Crippen molar-refractivity contribution < 1.29 is 18.3 Å². The van der Waals surface area contributed by atoms with Crippen LogP contribution in [0.2, 0.25) is 0 Å². The molecule has 1 heterocycles. The zero-order valence-corrected chi connectivity index (χ0v) is 11.4. The number of carbonyl (C=O) groups excluding carboxylic acids is 1. The normalized spacial score (nSPS) is 18.4. The van der Waals surface area contributed by atoms with E-state index in [4.69, 9.17) is 18.0 Å². The Hall–Kier alpha value is -1.76. The van der Waals surface area contributed by atoms with Crippen LogP contribution in [0.25, 0.3) is 0 Å². The topological polar surface area (TPSA) is 55.6 Å². The molecule has 0 spiro atoms. The predicted molar refractivity (Wildman–Crippen MR) is 73.9 cm³/mol. The summed E-state index contributed by atoms with van der Waals surface area (Å²) in [4.78, 5) is 14.2. The number of hydrogen-bond acceptors (Lipinski definition) is 3. The van der Waals surface area contributed by atoms with E-state index >= 15 is 0 Å². The Morgan fingerprint density at radius 3 is 2.60 bits per heavy atom. The van der Waals surface area contributed by atoms with Crippen LogP contribution in [0.1, 0.15) is 23.2 Å². The summed E-state index contributed by atoms with van der Waals surface area (Å²) in [6, 6.07) is 5.36. The molecule has 0 aromatic heterocycles.